The van der Waals surface area contributed by atoms with Crippen molar-refractivity contribution in [2.24, 2.45) is 0 Å². The van der Waals surface area contributed by atoms with Crippen LogP contribution in [0.5, 0.6) is 0 Å². The minimum absolute atomic E-state index is 0.450. The van der Waals surface area contributed by atoms with Gasteiger partial charge in [0.05, 0.1) is 5.69 Å². The Labute approximate surface area is 160 Å². The van der Waals surface area contributed by atoms with E-state index in [0.29, 0.717) is 5.54 Å². The Balaban J connectivity index is 1.38. The van der Waals surface area contributed by atoms with E-state index in [4.69, 9.17) is 9.97 Å². The highest BCUT2D eigenvalue weighted by Gasteiger charge is 2.43. The van der Waals surface area contributed by atoms with Gasteiger partial charge in [0, 0.05) is 30.4 Å². The molecule has 2 aromatic heterocycles. The van der Waals surface area contributed by atoms with Crippen molar-refractivity contribution in [1.29, 1.82) is 0 Å². The molecule has 0 radical (unpaired) electrons. The molecule has 3 aliphatic rings. The molecule has 0 amide bonds. The quantitative estimate of drug-likeness (QED) is 0.850. The fourth-order valence-corrected chi connectivity index (χ4v) is 5.16. The molecule has 2 saturated heterocycles. The van der Waals surface area contributed by atoms with Gasteiger partial charge in [0.25, 0.3) is 0 Å². The number of aromatic nitrogens is 3. The molecule has 0 bridgehead atoms. The number of anilines is 1. The van der Waals surface area contributed by atoms with E-state index in [9.17, 15) is 0 Å². The van der Waals surface area contributed by atoms with Gasteiger partial charge in [0.15, 0.2) is 5.82 Å². The van der Waals surface area contributed by atoms with Gasteiger partial charge in [-0.25, -0.2) is 9.97 Å². The molecule has 142 valence electrons. The van der Waals surface area contributed by atoms with Crippen LogP contribution in [0.15, 0.2) is 24.4 Å². The second-order valence-corrected chi connectivity index (χ2v) is 8.06. The zero-order valence-corrected chi connectivity index (χ0v) is 15.9. The predicted molar refractivity (Wildman–Crippen MR) is 107 cm³/mol. The fourth-order valence-electron chi connectivity index (χ4n) is 5.16. The van der Waals surface area contributed by atoms with Crippen molar-refractivity contribution in [2.75, 3.05) is 31.5 Å². The average molecular weight is 364 g/mol. The highest BCUT2D eigenvalue weighted by Crippen LogP contribution is 2.41. The third-order valence-electron chi connectivity index (χ3n) is 6.52. The first-order chi connectivity index (χ1) is 13.3. The Bertz CT molecular complexity index is 796. The Morgan fingerprint density at radius 3 is 2.85 bits per heavy atom. The number of hydrogen-bond donors (Lipinski definition) is 2. The normalized spacial score (nSPS) is 21.0. The SMILES string of the molecule is c1ccc(-c2nc3c(c(NCCC45CCCN4CCC5)n2)CCNC3)nc1. The molecule has 2 aromatic rings. The summed E-state index contributed by atoms with van der Waals surface area (Å²) in [6.07, 6.45) is 9.44. The minimum atomic E-state index is 0.450. The van der Waals surface area contributed by atoms with Crippen molar-refractivity contribution in [2.45, 2.75) is 50.6 Å². The molecule has 2 fully saturated rings. The van der Waals surface area contributed by atoms with Gasteiger partial charge < -0.3 is 10.6 Å². The van der Waals surface area contributed by atoms with Gasteiger partial charge in [0.2, 0.25) is 0 Å². The molecule has 3 aliphatic heterocycles. The lowest BCUT2D eigenvalue weighted by molar-refractivity contribution is 0.187. The molecule has 0 atom stereocenters. The summed E-state index contributed by atoms with van der Waals surface area (Å²) in [7, 11) is 0. The maximum atomic E-state index is 4.88. The van der Waals surface area contributed by atoms with Crippen LogP contribution in [0, 0.1) is 0 Å². The van der Waals surface area contributed by atoms with Crippen LogP contribution in [0.25, 0.3) is 11.5 Å². The van der Waals surface area contributed by atoms with Crippen molar-refractivity contribution in [3.63, 3.8) is 0 Å². The largest absolute Gasteiger partial charge is 0.370 e. The first kappa shape index (κ1) is 17.1. The van der Waals surface area contributed by atoms with Crippen molar-refractivity contribution >= 4 is 5.82 Å². The molecule has 0 saturated carbocycles. The third kappa shape index (κ3) is 3.21. The number of nitrogens with one attached hydrogen (secondary N) is 2. The van der Waals surface area contributed by atoms with Gasteiger partial charge in [-0.05, 0) is 70.3 Å². The van der Waals surface area contributed by atoms with Crippen molar-refractivity contribution in [3.05, 3.63) is 35.7 Å². The molecule has 6 nitrogen and oxygen atoms in total. The Morgan fingerprint density at radius 2 is 2.04 bits per heavy atom. The lowest BCUT2D eigenvalue weighted by atomic mass is 9.90. The van der Waals surface area contributed by atoms with E-state index in [2.05, 4.69) is 20.5 Å². The van der Waals surface area contributed by atoms with Gasteiger partial charge >= 0.3 is 0 Å². The summed E-state index contributed by atoms with van der Waals surface area (Å²) in [5.41, 5.74) is 3.68. The van der Waals surface area contributed by atoms with Gasteiger partial charge in [0.1, 0.15) is 11.5 Å². The summed E-state index contributed by atoms with van der Waals surface area (Å²) in [6, 6.07) is 5.90. The maximum Gasteiger partial charge on any atom is 0.180 e. The topological polar surface area (TPSA) is 66.0 Å². The lowest BCUT2D eigenvalue weighted by Crippen LogP contribution is -2.39. The summed E-state index contributed by atoms with van der Waals surface area (Å²) in [6.45, 7) is 5.36. The molecule has 0 unspecified atom stereocenters. The third-order valence-corrected chi connectivity index (χ3v) is 6.52. The van der Waals surface area contributed by atoms with E-state index < -0.39 is 0 Å². The van der Waals surface area contributed by atoms with Gasteiger partial charge in [-0.2, -0.15) is 0 Å². The number of hydrogen-bond acceptors (Lipinski definition) is 6. The minimum Gasteiger partial charge on any atom is -0.370 e. The van der Waals surface area contributed by atoms with Crippen molar-refractivity contribution in [1.82, 2.24) is 25.2 Å². The molecular formula is C21H28N6. The van der Waals surface area contributed by atoms with E-state index in [0.717, 1.165) is 49.1 Å². The van der Waals surface area contributed by atoms with Crippen LogP contribution in [-0.4, -0.2) is 51.6 Å². The molecule has 27 heavy (non-hydrogen) atoms. The van der Waals surface area contributed by atoms with E-state index in [-0.39, 0.29) is 0 Å². The van der Waals surface area contributed by atoms with Crippen LogP contribution in [0.1, 0.15) is 43.4 Å². The van der Waals surface area contributed by atoms with Crippen LogP contribution in [0.4, 0.5) is 5.82 Å². The first-order valence-electron chi connectivity index (χ1n) is 10.3. The molecule has 5 rings (SSSR count). The number of rotatable bonds is 5. The van der Waals surface area contributed by atoms with E-state index in [1.165, 1.54) is 50.8 Å². The average Bonchev–Trinajstić information content (AvgIpc) is 3.28. The predicted octanol–water partition coefficient (Wildman–Crippen LogP) is 2.61. The van der Waals surface area contributed by atoms with Gasteiger partial charge in [-0.1, -0.05) is 6.07 Å². The van der Waals surface area contributed by atoms with Crippen LogP contribution in [-0.2, 0) is 13.0 Å². The Kier molecular flexibility index (Phi) is 4.53. The Morgan fingerprint density at radius 1 is 1.15 bits per heavy atom. The Hall–Kier alpha value is -2.05. The van der Waals surface area contributed by atoms with E-state index in [1.807, 2.05) is 18.2 Å². The van der Waals surface area contributed by atoms with Crippen LogP contribution >= 0.6 is 0 Å². The summed E-state index contributed by atoms with van der Waals surface area (Å²) < 4.78 is 0. The monoisotopic (exact) mass is 364 g/mol. The standard InChI is InChI=1S/C21H28N6/c1-2-10-23-17(5-1)20-25-18-15-22-11-6-16(18)19(26-20)24-12-9-21-7-3-13-27(21)14-4-8-21/h1-2,5,10,22H,3-4,6-9,11-15H2,(H,24,25,26). The second-order valence-electron chi connectivity index (χ2n) is 8.06. The first-order valence-corrected chi connectivity index (χ1v) is 10.3. The molecule has 5 heterocycles. The molecular weight excluding hydrogens is 336 g/mol. The van der Waals surface area contributed by atoms with Crippen LogP contribution in [0.3, 0.4) is 0 Å². The van der Waals surface area contributed by atoms with Crippen molar-refractivity contribution < 1.29 is 0 Å². The lowest BCUT2D eigenvalue weighted by Gasteiger charge is -2.32. The van der Waals surface area contributed by atoms with E-state index >= 15 is 0 Å². The molecule has 2 N–H and O–H groups in total. The molecule has 0 aromatic carbocycles. The maximum absolute atomic E-state index is 4.88. The number of fused-ring (bicyclic) bond motifs is 2. The smallest absolute Gasteiger partial charge is 0.180 e. The van der Waals surface area contributed by atoms with Gasteiger partial charge in [-0.3, -0.25) is 9.88 Å². The molecule has 0 spiro atoms. The zero-order chi connectivity index (χ0) is 18.1. The zero-order valence-electron chi connectivity index (χ0n) is 15.9. The number of nitrogens with zero attached hydrogens (tertiary/aromatic N) is 4. The number of pyridine rings is 1. The second kappa shape index (κ2) is 7.17. The fraction of sp³-hybridized carbons (Fsp3) is 0.571. The summed E-state index contributed by atoms with van der Waals surface area (Å²) in [5.74, 6) is 1.74. The highest BCUT2D eigenvalue weighted by molar-refractivity contribution is 5.57. The van der Waals surface area contributed by atoms with Crippen molar-refractivity contribution in [3.8, 4) is 11.5 Å². The van der Waals surface area contributed by atoms with Gasteiger partial charge in [-0.15, -0.1) is 0 Å². The van der Waals surface area contributed by atoms with Crippen LogP contribution < -0.4 is 10.6 Å². The van der Waals surface area contributed by atoms with E-state index in [1.54, 1.807) is 6.20 Å². The summed E-state index contributed by atoms with van der Waals surface area (Å²) >= 11 is 0. The summed E-state index contributed by atoms with van der Waals surface area (Å²) in [4.78, 5) is 16.8. The molecule has 6 heteroatoms. The van der Waals surface area contributed by atoms with Crippen LogP contribution in [0.2, 0.25) is 0 Å². The molecule has 0 aliphatic carbocycles. The summed E-state index contributed by atoms with van der Waals surface area (Å²) in [5, 5.41) is 7.12. The highest BCUT2D eigenvalue weighted by atomic mass is 15.2.